The number of nitrogens with zero attached hydrogens (tertiary/aromatic N) is 3. The van der Waals surface area contributed by atoms with Gasteiger partial charge in [-0.1, -0.05) is 19.0 Å². The van der Waals surface area contributed by atoms with E-state index in [-0.39, 0.29) is 34.9 Å². The van der Waals surface area contributed by atoms with E-state index in [0.29, 0.717) is 12.4 Å². The molecule has 4 rings (SSSR count). The van der Waals surface area contributed by atoms with E-state index in [2.05, 4.69) is 15.0 Å². The van der Waals surface area contributed by atoms with Crippen molar-refractivity contribution in [3.8, 4) is 5.75 Å². The highest BCUT2D eigenvalue weighted by Gasteiger charge is 2.28. The van der Waals surface area contributed by atoms with Gasteiger partial charge in [-0.15, -0.1) is 0 Å². The van der Waals surface area contributed by atoms with E-state index in [4.69, 9.17) is 14.0 Å². The second-order valence-corrected chi connectivity index (χ2v) is 11.7. The number of halogens is 1. The van der Waals surface area contributed by atoms with Gasteiger partial charge in [0.2, 0.25) is 5.89 Å². The standard InChI is InChI=1S/C24H34FN3O5S/c1-16(2)24-26-23(33-27-24)15-28-12-10-19(11-13-28)31-17-4-6-18(7-5-17)32-22-9-8-20(14-21(22)25)34(3,29)30/h8-9,14,16-19H,4-7,10-13,15H2,1-3H3. The fourth-order valence-electron chi connectivity index (χ4n) is 4.51. The van der Waals surface area contributed by atoms with Crippen molar-refractivity contribution in [2.75, 3.05) is 19.3 Å². The summed E-state index contributed by atoms with van der Waals surface area (Å²) in [7, 11) is -3.44. The van der Waals surface area contributed by atoms with Gasteiger partial charge in [-0.05, 0) is 56.7 Å². The van der Waals surface area contributed by atoms with E-state index in [9.17, 15) is 12.8 Å². The number of rotatable bonds is 8. The van der Waals surface area contributed by atoms with Crippen LogP contribution < -0.4 is 4.74 Å². The number of ether oxygens (including phenoxy) is 2. The van der Waals surface area contributed by atoms with Crippen LogP contribution >= 0.6 is 0 Å². The van der Waals surface area contributed by atoms with Crippen LogP contribution in [0.2, 0.25) is 0 Å². The van der Waals surface area contributed by atoms with Crippen molar-refractivity contribution in [1.82, 2.24) is 15.0 Å². The highest BCUT2D eigenvalue weighted by atomic mass is 32.2. The monoisotopic (exact) mass is 495 g/mol. The van der Waals surface area contributed by atoms with Crippen LogP contribution in [0.1, 0.15) is 70.0 Å². The zero-order valence-electron chi connectivity index (χ0n) is 20.1. The van der Waals surface area contributed by atoms with E-state index >= 15 is 0 Å². The molecule has 2 aromatic rings. The van der Waals surface area contributed by atoms with Gasteiger partial charge in [-0.2, -0.15) is 4.98 Å². The predicted octanol–water partition coefficient (Wildman–Crippen LogP) is 4.11. The first-order chi connectivity index (χ1) is 16.2. The van der Waals surface area contributed by atoms with Crippen molar-refractivity contribution in [2.24, 2.45) is 0 Å². The largest absolute Gasteiger partial charge is 0.487 e. The van der Waals surface area contributed by atoms with Crippen LogP contribution in [0.15, 0.2) is 27.6 Å². The van der Waals surface area contributed by atoms with Crippen LogP contribution in [0, 0.1) is 5.82 Å². The lowest BCUT2D eigenvalue weighted by molar-refractivity contribution is -0.0678. The summed E-state index contributed by atoms with van der Waals surface area (Å²) < 4.78 is 55.0. The molecule has 2 fully saturated rings. The topological polar surface area (TPSA) is 94.8 Å². The Morgan fingerprint density at radius 2 is 1.74 bits per heavy atom. The Bertz CT molecular complexity index is 1060. The lowest BCUT2D eigenvalue weighted by Crippen LogP contribution is -2.39. The summed E-state index contributed by atoms with van der Waals surface area (Å²) in [6, 6.07) is 3.81. The lowest BCUT2D eigenvalue weighted by Gasteiger charge is -2.35. The molecule has 1 aromatic heterocycles. The van der Waals surface area contributed by atoms with Gasteiger partial charge in [-0.25, -0.2) is 12.8 Å². The summed E-state index contributed by atoms with van der Waals surface area (Å²) in [4.78, 5) is 6.74. The number of hydrogen-bond donors (Lipinski definition) is 0. The molecule has 8 nitrogen and oxygen atoms in total. The third kappa shape index (κ3) is 6.55. The van der Waals surface area contributed by atoms with E-state index in [0.717, 1.165) is 69.8 Å². The maximum Gasteiger partial charge on any atom is 0.240 e. The molecule has 0 unspecified atom stereocenters. The molecule has 188 valence electrons. The second-order valence-electron chi connectivity index (χ2n) is 9.69. The summed E-state index contributed by atoms with van der Waals surface area (Å²) in [5.74, 6) is 1.14. The molecular formula is C24H34FN3O5S. The molecule has 1 saturated carbocycles. The second kappa shape index (κ2) is 10.7. The number of piperidine rings is 1. The number of benzene rings is 1. The molecule has 1 saturated heterocycles. The Morgan fingerprint density at radius 1 is 1.09 bits per heavy atom. The van der Waals surface area contributed by atoms with Crippen molar-refractivity contribution in [3.05, 3.63) is 35.7 Å². The van der Waals surface area contributed by atoms with Crippen LogP contribution in [0.3, 0.4) is 0 Å². The molecular weight excluding hydrogens is 461 g/mol. The molecule has 0 N–H and O–H groups in total. The van der Waals surface area contributed by atoms with Crippen LogP contribution in [0.4, 0.5) is 4.39 Å². The van der Waals surface area contributed by atoms with Gasteiger partial charge in [-0.3, -0.25) is 4.90 Å². The van der Waals surface area contributed by atoms with E-state index in [1.165, 1.54) is 12.1 Å². The lowest BCUT2D eigenvalue weighted by atomic mass is 9.94. The molecule has 10 heteroatoms. The van der Waals surface area contributed by atoms with Crippen molar-refractivity contribution in [3.63, 3.8) is 0 Å². The Labute approximate surface area is 200 Å². The Balaban J connectivity index is 1.18. The third-order valence-electron chi connectivity index (χ3n) is 6.52. The van der Waals surface area contributed by atoms with Crippen molar-refractivity contribution in [1.29, 1.82) is 0 Å². The van der Waals surface area contributed by atoms with Crippen molar-refractivity contribution >= 4 is 9.84 Å². The average Bonchev–Trinajstić information content (AvgIpc) is 3.26. The Kier molecular flexibility index (Phi) is 7.89. The number of aromatic nitrogens is 2. The quantitative estimate of drug-likeness (QED) is 0.540. The Morgan fingerprint density at radius 3 is 2.32 bits per heavy atom. The van der Waals surface area contributed by atoms with Gasteiger partial charge in [0.25, 0.3) is 0 Å². The normalized spacial score (nSPS) is 22.9. The van der Waals surface area contributed by atoms with Gasteiger partial charge in [0.05, 0.1) is 29.8 Å². The SMILES string of the molecule is CC(C)c1noc(CN2CCC(OC3CCC(Oc4ccc(S(C)(=O)=O)cc4F)CC3)CC2)n1. The van der Waals surface area contributed by atoms with Gasteiger partial charge in [0.1, 0.15) is 0 Å². The maximum absolute atomic E-state index is 14.3. The number of likely N-dealkylation sites (tertiary alicyclic amines) is 1. The molecule has 34 heavy (non-hydrogen) atoms. The smallest absolute Gasteiger partial charge is 0.240 e. The fraction of sp³-hybridized carbons (Fsp3) is 0.667. The maximum atomic E-state index is 14.3. The first-order valence-electron chi connectivity index (χ1n) is 12.0. The summed E-state index contributed by atoms with van der Waals surface area (Å²) in [6.45, 7) is 6.65. The molecule has 0 spiro atoms. The molecule has 0 radical (unpaired) electrons. The molecule has 0 atom stereocenters. The summed E-state index contributed by atoms with van der Waals surface area (Å²) in [6.07, 6.45) is 6.65. The molecule has 1 aliphatic heterocycles. The first kappa shape index (κ1) is 25.1. The van der Waals surface area contributed by atoms with E-state index in [1.807, 2.05) is 13.8 Å². The van der Waals surface area contributed by atoms with Crippen molar-refractivity contribution in [2.45, 2.75) is 88.0 Å². The fourth-order valence-corrected chi connectivity index (χ4v) is 5.14. The molecule has 2 heterocycles. The van der Waals surface area contributed by atoms with Gasteiger partial charge in [0.15, 0.2) is 27.2 Å². The highest BCUT2D eigenvalue weighted by molar-refractivity contribution is 7.90. The van der Waals surface area contributed by atoms with Crippen LogP contribution in [0.5, 0.6) is 5.75 Å². The summed E-state index contributed by atoms with van der Waals surface area (Å²) in [5.41, 5.74) is 0. The average molecular weight is 496 g/mol. The highest BCUT2D eigenvalue weighted by Crippen LogP contribution is 2.30. The number of hydrogen-bond acceptors (Lipinski definition) is 8. The van der Waals surface area contributed by atoms with Gasteiger partial charge >= 0.3 is 0 Å². The minimum Gasteiger partial charge on any atom is -0.487 e. The van der Waals surface area contributed by atoms with Crippen LogP contribution in [0.25, 0.3) is 0 Å². The molecule has 2 aliphatic rings. The van der Waals surface area contributed by atoms with Crippen LogP contribution in [-0.4, -0.2) is 61.1 Å². The molecule has 0 amide bonds. The number of sulfone groups is 1. The molecule has 1 aromatic carbocycles. The third-order valence-corrected chi connectivity index (χ3v) is 7.64. The first-order valence-corrected chi connectivity index (χ1v) is 13.9. The zero-order chi connectivity index (χ0) is 24.3. The summed E-state index contributed by atoms with van der Waals surface area (Å²) >= 11 is 0. The Hall–Kier alpha value is -2.04. The summed E-state index contributed by atoms with van der Waals surface area (Å²) in [5, 5.41) is 4.03. The predicted molar refractivity (Wildman–Crippen MR) is 124 cm³/mol. The minimum absolute atomic E-state index is 0.0436. The van der Waals surface area contributed by atoms with Gasteiger partial charge in [0, 0.05) is 25.3 Å². The molecule has 0 bridgehead atoms. The molecule has 1 aliphatic carbocycles. The van der Waals surface area contributed by atoms with E-state index < -0.39 is 15.7 Å². The minimum atomic E-state index is -3.44. The van der Waals surface area contributed by atoms with E-state index in [1.54, 1.807) is 0 Å². The van der Waals surface area contributed by atoms with Crippen LogP contribution in [-0.2, 0) is 21.1 Å². The van der Waals surface area contributed by atoms with Crippen molar-refractivity contribution < 1.29 is 26.8 Å². The zero-order valence-corrected chi connectivity index (χ0v) is 20.9. The van der Waals surface area contributed by atoms with Gasteiger partial charge < -0.3 is 14.0 Å².